The second-order valence-electron chi connectivity index (χ2n) is 7.74. The third-order valence-electron chi connectivity index (χ3n) is 4.09. The summed E-state index contributed by atoms with van der Waals surface area (Å²) in [5, 5.41) is 12.4. The van der Waals surface area contributed by atoms with Crippen molar-refractivity contribution < 1.29 is 31.9 Å². The van der Waals surface area contributed by atoms with Crippen molar-refractivity contribution in [2.75, 3.05) is 5.32 Å². The number of Topliss-reactive ketones (excluding diaryl/α,β-unsaturated/α-hetero) is 1. The van der Waals surface area contributed by atoms with E-state index in [9.17, 15) is 31.9 Å². The molecule has 0 fully saturated rings. The zero-order valence-corrected chi connectivity index (χ0v) is 18.0. The Morgan fingerprint density at radius 3 is 2.25 bits per heavy atom. The number of nitrogens with zero attached hydrogens (tertiary/aromatic N) is 2. The lowest BCUT2D eigenvalue weighted by Crippen LogP contribution is -2.44. The van der Waals surface area contributed by atoms with Gasteiger partial charge in [0.2, 0.25) is 0 Å². The van der Waals surface area contributed by atoms with Gasteiger partial charge in [-0.15, -0.1) is 0 Å². The van der Waals surface area contributed by atoms with Crippen molar-refractivity contribution in [3.8, 4) is 6.07 Å². The fourth-order valence-electron chi connectivity index (χ4n) is 2.83. The van der Waals surface area contributed by atoms with Crippen LogP contribution in [0.25, 0.3) is 0 Å². The number of amides is 2. The molecule has 0 bridgehead atoms. The standard InChI is InChI=1S/C20H17ClF4N4O3/c1-19(2,3)28-18(32)15(30)12-13(21)14(29(4)16(12)20(23,24)25)17(31)27-10-5-6-11(22)9(7-10)8-26/h5-7H,1-4H3,(H,27,31)(H,28,32). The van der Waals surface area contributed by atoms with E-state index < -0.39 is 62.7 Å². The molecular formula is C20H17ClF4N4O3. The van der Waals surface area contributed by atoms with Crippen LogP contribution in [0.5, 0.6) is 0 Å². The lowest BCUT2D eigenvalue weighted by atomic mass is 10.1. The van der Waals surface area contributed by atoms with Crippen LogP contribution in [0.1, 0.15) is 52.9 Å². The Morgan fingerprint density at radius 1 is 1.16 bits per heavy atom. The maximum absolute atomic E-state index is 13.7. The van der Waals surface area contributed by atoms with E-state index in [-0.39, 0.29) is 5.69 Å². The highest BCUT2D eigenvalue weighted by Crippen LogP contribution is 2.39. The molecule has 0 aliphatic rings. The van der Waals surface area contributed by atoms with Gasteiger partial charge in [-0.25, -0.2) is 4.39 Å². The minimum atomic E-state index is -5.13. The van der Waals surface area contributed by atoms with Crippen molar-refractivity contribution in [2.24, 2.45) is 7.05 Å². The van der Waals surface area contributed by atoms with Crippen molar-refractivity contribution in [1.82, 2.24) is 9.88 Å². The molecule has 2 N–H and O–H groups in total. The van der Waals surface area contributed by atoms with Crippen LogP contribution in [0.4, 0.5) is 23.2 Å². The number of hydrogen-bond donors (Lipinski definition) is 2. The highest BCUT2D eigenvalue weighted by atomic mass is 35.5. The molecule has 1 aromatic heterocycles. The third kappa shape index (κ3) is 5.08. The predicted octanol–water partition coefficient (Wildman–Crippen LogP) is 4.06. The highest BCUT2D eigenvalue weighted by molar-refractivity contribution is 6.48. The number of carbonyl (C=O) groups excluding carboxylic acids is 3. The van der Waals surface area contributed by atoms with Gasteiger partial charge in [0.1, 0.15) is 23.3 Å². The minimum Gasteiger partial charge on any atom is -0.345 e. The zero-order chi connectivity index (χ0) is 24.6. The normalized spacial score (nSPS) is 11.6. The number of alkyl halides is 3. The molecule has 0 spiro atoms. The fraction of sp³-hybridized carbons (Fsp3) is 0.300. The SMILES string of the molecule is Cn1c(C(=O)Nc2ccc(F)c(C#N)c2)c(Cl)c(C(=O)C(=O)NC(C)(C)C)c1C(F)(F)F. The monoisotopic (exact) mass is 472 g/mol. The fourth-order valence-corrected chi connectivity index (χ4v) is 3.22. The molecule has 2 aromatic rings. The number of rotatable bonds is 4. The number of nitriles is 1. The second-order valence-corrected chi connectivity index (χ2v) is 8.11. The summed E-state index contributed by atoms with van der Waals surface area (Å²) < 4.78 is 55.0. The van der Waals surface area contributed by atoms with Gasteiger partial charge in [0.15, 0.2) is 0 Å². The first-order valence-corrected chi connectivity index (χ1v) is 9.29. The topological polar surface area (TPSA) is 104 Å². The first-order valence-electron chi connectivity index (χ1n) is 8.91. The number of anilines is 1. The van der Waals surface area contributed by atoms with Crippen LogP contribution in [0.3, 0.4) is 0 Å². The molecule has 2 rings (SSSR count). The van der Waals surface area contributed by atoms with Crippen molar-refractivity contribution >= 4 is 34.9 Å². The first-order chi connectivity index (χ1) is 14.6. The molecule has 1 heterocycles. The van der Waals surface area contributed by atoms with Gasteiger partial charge in [-0.3, -0.25) is 14.4 Å². The molecule has 2 amide bonds. The second kappa shape index (κ2) is 8.63. The predicted molar refractivity (Wildman–Crippen MR) is 107 cm³/mol. The van der Waals surface area contributed by atoms with Gasteiger partial charge in [0.05, 0.1) is 16.1 Å². The van der Waals surface area contributed by atoms with Gasteiger partial charge in [-0.05, 0) is 39.0 Å². The van der Waals surface area contributed by atoms with E-state index in [2.05, 4.69) is 10.6 Å². The number of nitrogens with one attached hydrogen (secondary N) is 2. The summed E-state index contributed by atoms with van der Waals surface area (Å²) in [4.78, 5) is 37.5. The minimum absolute atomic E-state index is 0.0999. The van der Waals surface area contributed by atoms with E-state index in [4.69, 9.17) is 16.9 Å². The van der Waals surface area contributed by atoms with E-state index in [0.29, 0.717) is 4.57 Å². The molecule has 0 aliphatic heterocycles. The number of halogens is 5. The summed E-state index contributed by atoms with van der Waals surface area (Å²) in [6.07, 6.45) is -5.13. The Kier molecular flexibility index (Phi) is 6.70. The summed E-state index contributed by atoms with van der Waals surface area (Å²) in [5.74, 6) is -4.94. The van der Waals surface area contributed by atoms with Crippen LogP contribution in [0.2, 0.25) is 5.02 Å². The van der Waals surface area contributed by atoms with Crippen molar-refractivity contribution in [3.05, 3.63) is 51.6 Å². The quantitative estimate of drug-likeness (QED) is 0.398. The molecule has 0 saturated carbocycles. The maximum Gasteiger partial charge on any atom is 0.432 e. The van der Waals surface area contributed by atoms with Gasteiger partial charge in [-0.2, -0.15) is 18.4 Å². The first kappa shape index (κ1) is 24.9. The Labute approximate surface area is 184 Å². The number of carbonyl (C=O) groups is 3. The number of hydrogen-bond acceptors (Lipinski definition) is 4. The molecule has 0 unspecified atom stereocenters. The molecule has 0 saturated heterocycles. The summed E-state index contributed by atoms with van der Waals surface area (Å²) in [6.45, 7) is 4.56. The van der Waals surface area contributed by atoms with E-state index in [1.807, 2.05) is 0 Å². The molecule has 7 nitrogen and oxygen atoms in total. The van der Waals surface area contributed by atoms with Gasteiger partial charge in [0, 0.05) is 18.3 Å². The summed E-state index contributed by atoms with van der Waals surface area (Å²) in [5.41, 5.74) is -4.95. The molecule has 0 aliphatic carbocycles. The lowest BCUT2D eigenvalue weighted by molar-refractivity contribution is -0.143. The molecule has 0 radical (unpaired) electrons. The molecular weight excluding hydrogens is 456 g/mol. The van der Waals surface area contributed by atoms with Crippen LogP contribution in [0, 0.1) is 17.1 Å². The van der Waals surface area contributed by atoms with Crippen LogP contribution in [-0.2, 0) is 18.0 Å². The molecule has 0 atom stereocenters. The average molecular weight is 473 g/mol. The smallest absolute Gasteiger partial charge is 0.345 e. The van der Waals surface area contributed by atoms with Crippen LogP contribution >= 0.6 is 11.6 Å². The van der Waals surface area contributed by atoms with E-state index in [1.165, 1.54) is 20.8 Å². The largest absolute Gasteiger partial charge is 0.432 e. The molecule has 1 aromatic carbocycles. The van der Waals surface area contributed by atoms with E-state index in [0.717, 1.165) is 25.2 Å². The highest BCUT2D eigenvalue weighted by Gasteiger charge is 2.44. The zero-order valence-electron chi connectivity index (χ0n) is 17.2. The average Bonchev–Trinajstić information content (AvgIpc) is 2.91. The Morgan fingerprint density at radius 2 is 1.75 bits per heavy atom. The summed E-state index contributed by atoms with van der Waals surface area (Å²) in [7, 11) is 0.855. The van der Waals surface area contributed by atoms with Crippen LogP contribution in [-0.4, -0.2) is 27.7 Å². The van der Waals surface area contributed by atoms with Crippen molar-refractivity contribution in [3.63, 3.8) is 0 Å². The van der Waals surface area contributed by atoms with Gasteiger partial charge in [0.25, 0.3) is 17.6 Å². The van der Waals surface area contributed by atoms with Crippen molar-refractivity contribution in [2.45, 2.75) is 32.5 Å². The van der Waals surface area contributed by atoms with E-state index in [1.54, 1.807) is 6.07 Å². The van der Waals surface area contributed by atoms with Gasteiger partial charge >= 0.3 is 6.18 Å². The third-order valence-corrected chi connectivity index (χ3v) is 4.45. The number of aromatic nitrogens is 1. The van der Waals surface area contributed by atoms with Gasteiger partial charge < -0.3 is 15.2 Å². The molecule has 32 heavy (non-hydrogen) atoms. The van der Waals surface area contributed by atoms with Gasteiger partial charge in [-0.1, -0.05) is 11.6 Å². The van der Waals surface area contributed by atoms with Crippen LogP contribution < -0.4 is 10.6 Å². The maximum atomic E-state index is 13.7. The van der Waals surface area contributed by atoms with Crippen LogP contribution in [0.15, 0.2) is 18.2 Å². The number of benzene rings is 1. The molecule has 12 heteroatoms. The van der Waals surface area contributed by atoms with E-state index >= 15 is 0 Å². The molecule has 170 valence electrons. The number of ketones is 1. The Hall–Kier alpha value is -3.39. The summed E-state index contributed by atoms with van der Waals surface area (Å²) in [6, 6.07) is 4.49. The summed E-state index contributed by atoms with van der Waals surface area (Å²) >= 11 is 6.00. The Bertz CT molecular complexity index is 1160. The Balaban J connectivity index is 2.58. The lowest BCUT2D eigenvalue weighted by Gasteiger charge is -2.20. The van der Waals surface area contributed by atoms with Crippen molar-refractivity contribution in [1.29, 1.82) is 5.26 Å².